The number of ether oxygens (including phenoxy) is 1. The highest BCUT2D eigenvalue weighted by atomic mass is 16.5. The fourth-order valence-corrected chi connectivity index (χ4v) is 2.93. The van der Waals surface area contributed by atoms with E-state index in [-0.39, 0.29) is 0 Å². The van der Waals surface area contributed by atoms with Crippen molar-refractivity contribution in [3.8, 4) is 11.4 Å². The fourth-order valence-electron chi connectivity index (χ4n) is 2.93. The van der Waals surface area contributed by atoms with Crippen LogP contribution < -0.4 is 10.6 Å². The number of aliphatic hydroxyl groups excluding tert-OH is 1. The number of hydrogen-bond donors (Lipinski definition) is 3. The summed E-state index contributed by atoms with van der Waals surface area (Å²) in [4.78, 5) is 9.55. The molecule has 0 saturated carbocycles. The Morgan fingerprint density at radius 3 is 2.80 bits per heavy atom. The Morgan fingerprint density at radius 1 is 1.20 bits per heavy atom. The van der Waals surface area contributed by atoms with Crippen LogP contribution in [0.15, 0.2) is 30.3 Å². The van der Waals surface area contributed by atoms with Crippen LogP contribution in [-0.4, -0.2) is 54.0 Å². The molecule has 0 unspecified atom stereocenters. The Kier molecular flexibility index (Phi) is 6.33. The number of anilines is 1. The predicted octanol–water partition coefficient (Wildman–Crippen LogP) is 1.64. The van der Waals surface area contributed by atoms with E-state index in [2.05, 4.69) is 10.6 Å². The molecule has 1 aromatic heterocycles. The van der Waals surface area contributed by atoms with Gasteiger partial charge in [0.1, 0.15) is 5.82 Å². The number of benzene rings is 1. The lowest BCUT2D eigenvalue weighted by Gasteiger charge is -2.17. The van der Waals surface area contributed by atoms with Gasteiger partial charge in [-0.2, -0.15) is 0 Å². The normalized spacial score (nSPS) is 15.3. The number of nitrogens with zero attached hydrogens (tertiary/aromatic N) is 2. The molecule has 1 aliphatic heterocycles. The van der Waals surface area contributed by atoms with E-state index >= 15 is 0 Å². The van der Waals surface area contributed by atoms with Gasteiger partial charge in [-0.25, -0.2) is 9.97 Å². The summed E-state index contributed by atoms with van der Waals surface area (Å²) in [7, 11) is 0. The molecule has 0 saturated heterocycles. The molecule has 1 aliphatic rings. The molecule has 6 heteroatoms. The minimum absolute atomic E-state index is 0.323. The van der Waals surface area contributed by atoms with Gasteiger partial charge in [0.25, 0.3) is 0 Å². The summed E-state index contributed by atoms with van der Waals surface area (Å²) >= 11 is 0. The third-order valence-corrected chi connectivity index (χ3v) is 4.23. The summed E-state index contributed by atoms with van der Waals surface area (Å²) in [6, 6.07) is 10.0. The van der Waals surface area contributed by atoms with Crippen LogP contribution in [0, 0.1) is 0 Å². The molecule has 0 radical (unpaired) electrons. The van der Waals surface area contributed by atoms with Gasteiger partial charge in [-0.3, -0.25) is 0 Å². The largest absolute Gasteiger partial charge is 0.389 e. The lowest BCUT2D eigenvalue weighted by atomic mass is 10.1. The third kappa shape index (κ3) is 4.75. The van der Waals surface area contributed by atoms with Crippen molar-refractivity contribution >= 4 is 5.82 Å². The second-order valence-corrected chi connectivity index (χ2v) is 6.13. The zero-order valence-corrected chi connectivity index (χ0v) is 14.7. The highest BCUT2D eigenvalue weighted by molar-refractivity contribution is 5.60. The fraction of sp³-hybridized carbons (Fsp3) is 0.474. The van der Waals surface area contributed by atoms with Crippen LogP contribution in [0.2, 0.25) is 0 Å². The van der Waals surface area contributed by atoms with Gasteiger partial charge >= 0.3 is 0 Å². The number of rotatable bonds is 7. The second kappa shape index (κ2) is 8.89. The van der Waals surface area contributed by atoms with Gasteiger partial charge in [0.15, 0.2) is 5.82 Å². The van der Waals surface area contributed by atoms with Crippen LogP contribution >= 0.6 is 0 Å². The summed E-state index contributed by atoms with van der Waals surface area (Å²) in [5.74, 6) is 1.55. The van der Waals surface area contributed by atoms with Crippen LogP contribution in [0.1, 0.15) is 18.2 Å². The molecule has 134 valence electrons. The summed E-state index contributed by atoms with van der Waals surface area (Å²) in [5.41, 5.74) is 3.23. The Morgan fingerprint density at radius 2 is 2.00 bits per heavy atom. The maximum atomic E-state index is 10.0. The second-order valence-electron chi connectivity index (χ2n) is 6.13. The molecule has 0 aliphatic carbocycles. The predicted molar refractivity (Wildman–Crippen MR) is 98.7 cm³/mol. The average Bonchev–Trinajstić information content (AvgIpc) is 2.90. The molecule has 2 aromatic rings. The number of aromatic nitrogens is 2. The van der Waals surface area contributed by atoms with Crippen molar-refractivity contribution in [2.24, 2.45) is 0 Å². The highest BCUT2D eigenvalue weighted by Gasteiger charge is 2.18. The van der Waals surface area contributed by atoms with Gasteiger partial charge in [-0.15, -0.1) is 0 Å². The first kappa shape index (κ1) is 17.8. The minimum atomic E-state index is -0.561. The Labute approximate surface area is 148 Å². The number of aliphatic hydroxyl groups is 1. The van der Waals surface area contributed by atoms with E-state index in [0.717, 1.165) is 54.4 Å². The van der Waals surface area contributed by atoms with Crippen LogP contribution in [0.4, 0.5) is 5.82 Å². The molecule has 6 nitrogen and oxygen atoms in total. The number of fused-ring (bicyclic) bond motifs is 1. The zero-order valence-electron chi connectivity index (χ0n) is 14.7. The van der Waals surface area contributed by atoms with E-state index in [1.54, 1.807) is 0 Å². The van der Waals surface area contributed by atoms with Gasteiger partial charge in [-0.05, 0) is 19.9 Å². The van der Waals surface area contributed by atoms with Crippen LogP contribution in [0.5, 0.6) is 0 Å². The lowest BCUT2D eigenvalue weighted by molar-refractivity contribution is 0.0495. The maximum absolute atomic E-state index is 10.0. The van der Waals surface area contributed by atoms with E-state index in [0.29, 0.717) is 19.8 Å². The molecule has 0 bridgehead atoms. The summed E-state index contributed by atoms with van der Waals surface area (Å²) in [6.45, 7) is 5.09. The van der Waals surface area contributed by atoms with Gasteiger partial charge < -0.3 is 20.5 Å². The summed E-state index contributed by atoms with van der Waals surface area (Å²) < 4.78 is 5.28. The van der Waals surface area contributed by atoms with E-state index in [1.807, 2.05) is 37.3 Å². The van der Waals surface area contributed by atoms with Crippen molar-refractivity contribution in [2.75, 3.05) is 38.2 Å². The molecule has 1 aromatic carbocycles. The van der Waals surface area contributed by atoms with Crippen molar-refractivity contribution < 1.29 is 9.84 Å². The van der Waals surface area contributed by atoms with E-state index in [4.69, 9.17) is 14.7 Å². The van der Waals surface area contributed by atoms with Crippen LogP contribution in [0.25, 0.3) is 11.4 Å². The molecule has 0 fully saturated rings. The first-order chi connectivity index (χ1) is 12.3. The van der Waals surface area contributed by atoms with Crippen molar-refractivity contribution in [3.05, 3.63) is 41.6 Å². The quantitative estimate of drug-likeness (QED) is 0.710. The highest BCUT2D eigenvalue weighted by Crippen LogP contribution is 2.24. The van der Waals surface area contributed by atoms with Crippen molar-refractivity contribution in [3.63, 3.8) is 0 Å². The third-order valence-electron chi connectivity index (χ3n) is 4.23. The molecule has 1 atom stereocenters. The van der Waals surface area contributed by atoms with E-state index in [9.17, 15) is 5.11 Å². The van der Waals surface area contributed by atoms with Gasteiger partial charge in [0.2, 0.25) is 0 Å². The number of nitrogens with one attached hydrogen (secondary N) is 2. The summed E-state index contributed by atoms with van der Waals surface area (Å²) in [6.07, 6.45) is 1.21. The molecular formula is C19H26N4O2. The van der Waals surface area contributed by atoms with Crippen molar-refractivity contribution in [2.45, 2.75) is 25.9 Å². The van der Waals surface area contributed by atoms with E-state index in [1.165, 1.54) is 0 Å². The van der Waals surface area contributed by atoms with Crippen LogP contribution in [0.3, 0.4) is 0 Å². The molecule has 0 spiro atoms. The first-order valence-electron chi connectivity index (χ1n) is 8.93. The van der Waals surface area contributed by atoms with Crippen molar-refractivity contribution in [1.29, 1.82) is 0 Å². The zero-order chi connectivity index (χ0) is 17.5. The first-order valence-corrected chi connectivity index (χ1v) is 8.93. The lowest BCUT2D eigenvalue weighted by Crippen LogP contribution is -2.26. The minimum Gasteiger partial charge on any atom is -0.389 e. The van der Waals surface area contributed by atoms with Crippen molar-refractivity contribution in [1.82, 2.24) is 15.3 Å². The SMILES string of the molecule is CCOC[C@@H](O)CNc1nc(-c2ccccc2)nc2c1CCNCC2. The molecular weight excluding hydrogens is 316 g/mol. The molecule has 3 N–H and O–H groups in total. The van der Waals surface area contributed by atoms with Gasteiger partial charge in [0, 0.05) is 37.2 Å². The summed E-state index contributed by atoms with van der Waals surface area (Å²) in [5, 5.41) is 16.8. The Hall–Kier alpha value is -2.02. The Bertz CT molecular complexity index is 679. The van der Waals surface area contributed by atoms with Gasteiger partial charge in [0.05, 0.1) is 18.4 Å². The van der Waals surface area contributed by atoms with Gasteiger partial charge in [-0.1, -0.05) is 30.3 Å². The smallest absolute Gasteiger partial charge is 0.161 e. The molecule has 0 amide bonds. The Balaban J connectivity index is 1.86. The number of hydrogen-bond acceptors (Lipinski definition) is 6. The average molecular weight is 342 g/mol. The topological polar surface area (TPSA) is 79.3 Å². The standard InChI is InChI=1S/C19H26N4O2/c1-2-25-13-15(24)12-21-19-16-8-10-20-11-9-17(16)22-18(23-19)14-6-4-3-5-7-14/h3-7,15,20,24H,2,8-13H2,1H3,(H,21,22,23)/t15-/m0/s1. The molecule has 25 heavy (non-hydrogen) atoms. The maximum Gasteiger partial charge on any atom is 0.161 e. The van der Waals surface area contributed by atoms with Crippen LogP contribution in [-0.2, 0) is 17.6 Å². The monoisotopic (exact) mass is 342 g/mol. The molecule has 3 rings (SSSR count). The molecule has 2 heterocycles. The van der Waals surface area contributed by atoms with E-state index < -0.39 is 6.10 Å².